The van der Waals surface area contributed by atoms with Crippen LogP contribution in [0.5, 0.6) is 0 Å². The first-order valence-electron chi connectivity index (χ1n) is 7.05. The van der Waals surface area contributed by atoms with Crippen molar-refractivity contribution < 1.29 is 9.32 Å². The summed E-state index contributed by atoms with van der Waals surface area (Å²) in [6.45, 7) is 7.65. The molecule has 0 aromatic carbocycles. The average molecular weight is 288 g/mol. The van der Waals surface area contributed by atoms with Crippen LogP contribution in [-0.2, 0) is 6.54 Å². The Morgan fingerprint density at radius 2 is 2.10 bits per heavy atom. The number of amides is 1. The summed E-state index contributed by atoms with van der Waals surface area (Å²) >= 11 is 0. The van der Waals surface area contributed by atoms with Gasteiger partial charge in [-0.15, -0.1) is 0 Å². The number of aromatic nitrogens is 2. The number of carbonyl (C=O) groups excluding carboxylic acids is 1. The monoisotopic (exact) mass is 288 g/mol. The molecule has 2 aromatic heterocycles. The Labute approximate surface area is 124 Å². The Bertz CT molecular complexity index is 605. The molecule has 0 aliphatic carbocycles. The van der Waals surface area contributed by atoms with Gasteiger partial charge in [0.2, 0.25) is 0 Å². The molecule has 0 spiro atoms. The maximum Gasteiger partial charge on any atom is 0.272 e. The first-order chi connectivity index (χ1) is 10.1. The van der Waals surface area contributed by atoms with Crippen LogP contribution >= 0.6 is 0 Å². The van der Waals surface area contributed by atoms with Crippen LogP contribution in [0.25, 0.3) is 0 Å². The lowest BCUT2D eigenvalue weighted by molar-refractivity contribution is 0.0767. The molecule has 1 amide bonds. The average Bonchev–Trinajstić information content (AvgIpc) is 2.92. The molecule has 0 aliphatic rings. The van der Waals surface area contributed by atoms with Gasteiger partial charge in [-0.3, -0.25) is 9.78 Å². The lowest BCUT2D eigenvalue weighted by atomic mass is 10.2. The Kier molecular flexibility index (Phi) is 4.92. The molecule has 2 rings (SSSR count). The Morgan fingerprint density at radius 1 is 1.33 bits per heavy atom. The smallest absolute Gasteiger partial charge is 0.272 e. The van der Waals surface area contributed by atoms with Crippen molar-refractivity contribution in [3.8, 4) is 0 Å². The van der Waals surface area contributed by atoms with Crippen LogP contribution in [0.15, 0.2) is 28.9 Å². The van der Waals surface area contributed by atoms with Gasteiger partial charge >= 0.3 is 0 Å². The second kappa shape index (κ2) is 6.88. The quantitative estimate of drug-likeness (QED) is 0.884. The molecule has 2 heterocycles. The van der Waals surface area contributed by atoms with Gasteiger partial charge in [0, 0.05) is 31.0 Å². The zero-order chi connectivity index (χ0) is 15.2. The molecule has 0 aliphatic heterocycles. The van der Waals surface area contributed by atoms with E-state index >= 15 is 0 Å². The first kappa shape index (κ1) is 15.0. The minimum atomic E-state index is -0.0547. The van der Waals surface area contributed by atoms with Crippen molar-refractivity contribution in [1.29, 1.82) is 0 Å². The largest absolute Gasteiger partial charge is 0.379 e. The van der Waals surface area contributed by atoms with Gasteiger partial charge < -0.3 is 14.7 Å². The van der Waals surface area contributed by atoms with E-state index in [-0.39, 0.29) is 5.91 Å². The van der Waals surface area contributed by atoms with E-state index in [1.807, 2.05) is 32.9 Å². The fourth-order valence-corrected chi connectivity index (χ4v) is 2.02. The standard InChI is InChI=1S/C15H20N4O2/c1-4-19(5-2)15(20)14-9-12(6-7-16-14)17-10-13-8-11(3)21-18-13/h6-9H,4-5,10H2,1-3H3,(H,16,17). The van der Waals surface area contributed by atoms with E-state index in [4.69, 9.17) is 4.52 Å². The molecule has 1 N–H and O–H groups in total. The molecule has 2 aromatic rings. The van der Waals surface area contributed by atoms with E-state index < -0.39 is 0 Å². The summed E-state index contributed by atoms with van der Waals surface area (Å²) in [5, 5.41) is 7.13. The van der Waals surface area contributed by atoms with Crippen molar-refractivity contribution in [2.45, 2.75) is 27.3 Å². The fourth-order valence-electron chi connectivity index (χ4n) is 2.02. The van der Waals surface area contributed by atoms with Gasteiger partial charge in [-0.05, 0) is 32.9 Å². The fraction of sp³-hybridized carbons (Fsp3) is 0.400. The van der Waals surface area contributed by atoms with Gasteiger partial charge in [0.15, 0.2) is 0 Å². The predicted octanol–water partition coefficient (Wildman–Crippen LogP) is 2.47. The Hall–Kier alpha value is -2.37. The minimum absolute atomic E-state index is 0.0547. The molecule has 0 atom stereocenters. The van der Waals surface area contributed by atoms with E-state index in [9.17, 15) is 4.79 Å². The molecular formula is C15H20N4O2. The molecule has 0 unspecified atom stereocenters. The third-order valence-electron chi connectivity index (χ3n) is 3.18. The highest BCUT2D eigenvalue weighted by molar-refractivity contribution is 5.93. The lowest BCUT2D eigenvalue weighted by Crippen LogP contribution is -2.31. The predicted molar refractivity (Wildman–Crippen MR) is 80.1 cm³/mol. The molecule has 21 heavy (non-hydrogen) atoms. The van der Waals surface area contributed by atoms with Crippen molar-refractivity contribution in [2.75, 3.05) is 18.4 Å². The van der Waals surface area contributed by atoms with E-state index in [0.717, 1.165) is 17.1 Å². The molecule has 0 fully saturated rings. The number of carbonyl (C=O) groups is 1. The molecule has 0 bridgehead atoms. The summed E-state index contributed by atoms with van der Waals surface area (Å²) in [6, 6.07) is 5.45. The first-order valence-corrected chi connectivity index (χ1v) is 7.05. The number of rotatable bonds is 6. The summed E-state index contributed by atoms with van der Waals surface area (Å²) in [5.41, 5.74) is 2.10. The number of pyridine rings is 1. The molecule has 0 saturated heterocycles. The van der Waals surface area contributed by atoms with Crippen LogP contribution in [-0.4, -0.2) is 34.0 Å². The summed E-state index contributed by atoms with van der Waals surface area (Å²) in [5.74, 6) is 0.722. The normalized spacial score (nSPS) is 10.4. The Morgan fingerprint density at radius 3 is 2.71 bits per heavy atom. The summed E-state index contributed by atoms with van der Waals surface area (Å²) in [7, 11) is 0. The number of nitrogens with zero attached hydrogens (tertiary/aromatic N) is 3. The number of hydrogen-bond acceptors (Lipinski definition) is 5. The van der Waals surface area contributed by atoms with E-state index in [1.165, 1.54) is 0 Å². The zero-order valence-electron chi connectivity index (χ0n) is 12.6. The number of nitrogens with one attached hydrogen (secondary N) is 1. The van der Waals surface area contributed by atoms with Gasteiger partial charge in [0.1, 0.15) is 17.1 Å². The van der Waals surface area contributed by atoms with Crippen LogP contribution in [0.3, 0.4) is 0 Å². The maximum absolute atomic E-state index is 12.2. The molecule has 0 saturated carbocycles. The maximum atomic E-state index is 12.2. The van der Waals surface area contributed by atoms with Gasteiger partial charge in [0.05, 0.1) is 6.54 Å². The SMILES string of the molecule is CCN(CC)C(=O)c1cc(NCc2cc(C)on2)ccn1. The number of aryl methyl sites for hydroxylation is 1. The highest BCUT2D eigenvalue weighted by Gasteiger charge is 2.14. The van der Waals surface area contributed by atoms with Gasteiger partial charge in [0.25, 0.3) is 5.91 Å². The minimum Gasteiger partial charge on any atom is -0.379 e. The summed E-state index contributed by atoms with van der Waals surface area (Å²) < 4.78 is 5.01. The van der Waals surface area contributed by atoms with Gasteiger partial charge in [-0.2, -0.15) is 0 Å². The molecule has 6 heteroatoms. The van der Waals surface area contributed by atoms with Crippen LogP contribution in [0.2, 0.25) is 0 Å². The highest BCUT2D eigenvalue weighted by Crippen LogP contribution is 2.12. The van der Waals surface area contributed by atoms with Crippen molar-refractivity contribution >= 4 is 11.6 Å². The van der Waals surface area contributed by atoms with Crippen LogP contribution < -0.4 is 5.32 Å². The number of anilines is 1. The summed E-state index contributed by atoms with van der Waals surface area (Å²) in [4.78, 5) is 18.1. The Balaban J connectivity index is 2.05. The van der Waals surface area contributed by atoms with Crippen molar-refractivity contribution in [2.24, 2.45) is 0 Å². The third kappa shape index (κ3) is 3.81. The van der Waals surface area contributed by atoms with Crippen LogP contribution in [0.4, 0.5) is 5.69 Å². The van der Waals surface area contributed by atoms with E-state index in [2.05, 4.69) is 15.5 Å². The molecule has 0 radical (unpaired) electrons. The van der Waals surface area contributed by atoms with Crippen molar-refractivity contribution in [1.82, 2.24) is 15.0 Å². The highest BCUT2D eigenvalue weighted by atomic mass is 16.5. The van der Waals surface area contributed by atoms with Gasteiger partial charge in [-0.25, -0.2) is 0 Å². The van der Waals surface area contributed by atoms with Gasteiger partial charge in [-0.1, -0.05) is 5.16 Å². The molecule has 6 nitrogen and oxygen atoms in total. The van der Waals surface area contributed by atoms with Crippen molar-refractivity contribution in [3.05, 3.63) is 41.5 Å². The second-order valence-corrected chi connectivity index (χ2v) is 4.69. The van der Waals surface area contributed by atoms with Crippen LogP contribution in [0, 0.1) is 6.92 Å². The molecule has 112 valence electrons. The summed E-state index contributed by atoms with van der Waals surface area (Å²) in [6.07, 6.45) is 1.63. The van der Waals surface area contributed by atoms with E-state index in [0.29, 0.717) is 25.3 Å². The van der Waals surface area contributed by atoms with E-state index in [1.54, 1.807) is 17.2 Å². The third-order valence-corrected chi connectivity index (χ3v) is 3.18. The lowest BCUT2D eigenvalue weighted by Gasteiger charge is -2.18. The topological polar surface area (TPSA) is 71.3 Å². The number of hydrogen-bond donors (Lipinski definition) is 1. The zero-order valence-corrected chi connectivity index (χ0v) is 12.6. The van der Waals surface area contributed by atoms with Crippen LogP contribution in [0.1, 0.15) is 35.8 Å². The van der Waals surface area contributed by atoms with Crippen molar-refractivity contribution in [3.63, 3.8) is 0 Å². The second-order valence-electron chi connectivity index (χ2n) is 4.69. The molecular weight excluding hydrogens is 268 g/mol.